The summed E-state index contributed by atoms with van der Waals surface area (Å²) in [5, 5.41) is 5.80. The lowest BCUT2D eigenvalue weighted by atomic mass is 10.2. The van der Waals surface area contributed by atoms with Crippen molar-refractivity contribution in [2.24, 2.45) is 0 Å². The van der Waals surface area contributed by atoms with Gasteiger partial charge in [0.15, 0.2) is 0 Å². The van der Waals surface area contributed by atoms with Gasteiger partial charge in [0, 0.05) is 5.69 Å². The fourth-order valence-electron chi connectivity index (χ4n) is 2.18. The number of hydrogen-bond donors (Lipinski definition) is 2. The first-order chi connectivity index (χ1) is 12.0. The third-order valence-corrected chi connectivity index (χ3v) is 3.26. The molecule has 2 aromatic carbocycles. The maximum absolute atomic E-state index is 12.2. The van der Waals surface area contributed by atoms with Gasteiger partial charge in [-0.05, 0) is 44.2 Å². The maximum Gasteiger partial charge on any atom is 0.337 e. The molecule has 0 bridgehead atoms. The third-order valence-electron chi connectivity index (χ3n) is 3.26. The highest BCUT2D eigenvalue weighted by atomic mass is 16.5. The van der Waals surface area contributed by atoms with Crippen molar-refractivity contribution in [2.45, 2.75) is 20.0 Å². The van der Waals surface area contributed by atoms with E-state index >= 15 is 0 Å². The van der Waals surface area contributed by atoms with Gasteiger partial charge in [0.25, 0.3) is 0 Å². The van der Waals surface area contributed by atoms with Crippen molar-refractivity contribution in [3.63, 3.8) is 0 Å². The molecule has 25 heavy (non-hydrogen) atoms. The van der Waals surface area contributed by atoms with Gasteiger partial charge in [-0.15, -0.1) is 0 Å². The number of carbonyl (C=O) groups is 2. The predicted octanol–water partition coefficient (Wildman–Crippen LogP) is 3.31. The van der Waals surface area contributed by atoms with Gasteiger partial charge in [-0.25, -0.2) is 4.79 Å². The van der Waals surface area contributed by atoms with Crippen LogP contribution in [0.15, 0.2) is 48.5 Å². The van der Waals surface area contributed by atoms with Gasteiger partial charge >= 0.3 is 5.97 Å². The van der Waals surface area contributed by atoms with Crippen molar-refractivity contribution in [1.29, 1.82) is 0 Å². The second-order valence-electron chi connectivity index (χ2n) is 5.64. The van der Waals surface area contributed by atoms with E-state index in [9.17, 15) is 9.59 Å². The SMILES string of the molecule is COC(=O)c1cccc(NCC(=O)Nc2ccccc2OC(C)C)c1. The molecular weight excluding hydrogens is 320 g/mol. The Morgan fingerprint density at radius 3 is 2.56 bits per heavy atom. The molecule has 0 aliphatic carbocycles. The predicted molar refractivity (Wildman–Crippen MR) is 97.1 cm³/mol. The van der Waals surface area contributed by atoms with Crippen LogP contribution in [0.25, 0.3) is 0 Å². The molecule has 0 aromatic heterocycles. The lowest BCUT2D eigenvalue weighted by Crippen LogP contribution is -2.22. The summed E-state index contributed by atoms with van der Waals surface area (Å²) in [5.41, 5.74) is 1.69. The zero-order valence-electron chi connectivity index (χ0n) is 14.5. The van der Waals surface area contributed by atoms with E-state index in [0.717, 1.165) is 0 Å². The summed E-state index contributed by atoms with van der Waals surface area (Å²) in [6.07, 6.45) is 0.0113. The number of methoxy groups -OCH3 is 1. The highest BCUT2D eigenvalue weighted by Crippen LogP contribution is 2.24. The van der Waals surface area contributed by atoms with Crippen LogP contribution in [0.2, 0.25) is 0 Å². The fraction of sp³-hybridized carbons (Fsp3) is 0.263. The molecule has 0 aliphatic rings. The Labute approximate surface area is 147 Å². The maximum atomic E-state index is 12.2. The minimum atomic E-state index is -0.423. The molecule has 2 N–H and O–H groups in total. The molecule has 0 radical (unpaired) electrons. The molecular formula is C19H22N2O4. The summed E-state index contributed by atoms with van der Waals surface area (Å²) < 4.78 is 10.4. The summed E-state index contributed by atoms with van der Waals surface area (Å²) in [6, 6.07) is 14.1. The van der Waals surface area contributed by atoms with Crippen LogP contribution in [0.5, 0.6) is 5.75 Å². The van der Waals surface area contributed by atoms with Gasteiger partial charge in [0.2, 0.25) is 5.91 Å². The Bertz CT molecular complexity index is 744. The lowest BCUT2D eigenvalue weighted by Gasteiger charge is -2.15. The largest absolute Gasteiger partial charge is 0.489 e. The Hall–Kier alpha value is -3.02. The van der Waals surface area contributed by atoms with Crippen LogP contribution in [0.3, 0.4) is 0 Å². The number of para-hydroxylation sites is 2. The van der Waals surface area contributed by atoms with Crippen molar-refractivity contribution in [1.82, 2.24) is 0 Å². The molecule has 0 atom stereocenters. The van der Waals surface area contributed by atoms with Gasteiger partial charge in [0.05, 0.1) is 31.0 Å². The number of anilines is 2. The standard InChI is InChI=1S/C19H22N2O4/c1-13(2)25-17-10-5-4-9-16(17)21-18(22)12-20-15-8-6-7-14(11-15)19(23)24-3/h4-11,13,20H,12H2,1-3H3,(H,21,22). The molecule has 0 heterocycles. The van der Waals surface area contributed by atoms with Gasteiger partial charge in [-0.1, -0.05) is 18.2 Å². The molecule has 6 heteroatoms. The molecule has 0 saturated heterocycles. The summed E-state index contributed by atoms with van der Waals surface area (Å²) in [4.78, 5) is 23.7. The highest BCUT2D eigenvalue weighted by Gasteiger charge is 2.10. The number of nitrogens with one attached hydrogen (secondary N) is 2. The monoisotopic (exact) mass is 342 g/mol. The quantitative estimate of drug-likeness (QED) is 0.755. The van der Waals surface area contributed by atoms with E-state index < -0.39 is 5.97 Å². The second kappa shape index (κ2) is 8.73. The molecule has 1 amide bonds. The summed E-state index contributed by atoms with van der Waals surface area (Å²) >= 11 is 0. The Morgan fingerprint density at radius 2 is 1.84 bits per heavy atom. The summed E-state index contributed by atoms with van der Waals surface area (Å²) in [6.45, 7) is 3.91. The van der Waals surface area contributed by atoms with Crippen LogP contribution in [0.4, 0.5) is 11.4 Å². The molecule has 2 rings (SSSR count). The molecule has 0 unspecified atom stereocenters. The minimum absolute atomic E-state index is 0.0113. The van der Waals surface area contributed by atoms with E-state index in [1.165, 1.54) is 7.11 Å². The first kappa shape index (κ1) is 18.3. The average Bonchev–Trinajstić information content (AvgIpc) is 2.61. The topological polar surface area (TPSA) is 76.7 Å². The first-order valence-electron chi connectivity index (χ1n) is 7.97. The van der Waals surface area contributed by atoms with Crippen LogP contribution >= 0.6 is 0 Å². The normalized spacial score (nSPS) is 10.2. The number of esters is 1. The molecule has 6 nitrogen and oxygen atoms in total. The highest BCUT2D eigenvalue weighted by molar-refractivity contribution is 5.95. The Kier molecular flexibility index (Phi) is 6.39. The fourth-order valence-corrected chi connectivity index (χ4v) is 2.18. The number of carbonyl (C=O) groups excluding carboxylic acids is 2. The van der Waals surface area contributed by atoms with Gasteiger partial charge in [-0.3, -0.25) is 4.79 Å². The van der Waals surface area contributed by atoms with E-state index in [1.807, 2.05) is 32.0 Å². The smallest absolute Gasteiger partial charge is 0.337 e. The molecule has 0 spiro atoms. The van der Waals surface area contributed by atoms with Crippen molar-refractivity contribution in [3.8, 4) is 5.75 Å². The molecule has 0 fully saturated rings. The van der Waals surface area contributed by atoms with Crippen molar-refractivity contribution < 1.29 is 19.1 Å². The minimum Gasteiger partial charge on any atom is -0.489 e. The van der Waals surface area contributed by atoms with Gasteiger partial charge < -0.3 is 20.1 Å². The molecule has 132 valence electrons. The van der Waals surface area contributed by atoms with Crippen molar-refractivity contribution in [3.05, 3.63) is 54.1 Å². The zero-order valence-corrected chi connectivity index (χ0v) is 14.5. The van der Waals surface area contributed by atoms with Crippen LogP contribution in [0.1, 0.15) is 24.2 Å². The molecule has 0 saturated carbocycles. The van der Waals surface area contributed by atoms with E-state index in [-0.39, 0.29) is 18.6 Å². The Balaban J connectivity index is 1.97. The van der Waals surface area contributed by atoms with Gasteiger partial charge in [0.1, 0.15) is 5.75 Å². The lowest BCUT2D eigenvalue weighted by molar-refractivity contribution is -0.114. The van der Waals surface area contributed by atoms with E-state index in [1.54, 1.807) is 30.3 Å². The van der Waals surface area contributed by atoms with Crippen LogP contribution in [-0.4, -0.2) is 31.6 Å². The van der Waals surface area contributed by atoms with Crippen molar-refractivity contribution in [2.75, 3.05) is 24.3 Å². The first-order valence-corrected chi connectivity index (χ1v) is 7.97. The van der Waals surface area contributed by atoms with Crippen molar-refractivity contribution >= 4 is 23.3 Å². The number of benzene rings is 2. The van der Waals surface area contributed by atoms with Crippen LogP contribution in [-0.2, 0) is 9.53 Å². The number of hydrogen-bond acceptors (Lipinski definition) is 5. The molecule has 2 aromatic rings. The van der Waals surface area contributed by atoms with Crippen LogP contribution in [0, 0.1) is 0 Å². The number of ether oxygens (including phenoxy) is 2. The number of rotatable bonds is 7. The van der Waals surface area contributed by atoms with E-state index in [2.05, 4.69) is 15.4 Å². The van der Waals surface area contributed by atoms with Gasteiger partial charge in [-0.2, -0.15) is 0 Å². The average molecular weight is 342 g/mol. The Morgan fingerprint density at radius 1 is 1.08 bits per heavy atom. The summed E-state index contributed by atoms with van der Waals surface area (Å²) in [5.74, 6) is -0.0188. The van der Waals surface area contributed by atoms with E-state index in [0.29, 0.717) is 22.7 Å². The third kappa shape index (κ3) is 5.53. The molecule has 0 aliphatic heterocycles. The summed E-state index contributed by atoms with van der Waals surface area (Å²) in [7, 11) is 1.33. The second-order valence-corrected chi connectivity index (χ2v) is 5.64. The number of amides is 1. The van der Waals surface area contributed by atoms with E-state index in [4.69, 9.17) is 4.74 Å². The van der Waals surface area contributed by atoms with Crippen LogP contribution < -0.4 is 15.4 Å². The zero-order chi connectivity index (χ0) is 18.2.